The monoisotopic (exact) mass is 252 g/mol. The van der Waals surface area contributed by atoms with Gasteiger partial charge in [0.1, 0.15) is 6.61 Å². The lowest BCUT2D eigenvalue weighted by atomic mass is 10.3. The molecular formula is C8H10F2N2O3S. The first-order valence-electron chi connectivity index (χ1n) is 4.36. The number of rotatable bonds is 6. The summed E-state index contributed by atoms with van der Waals surface area (Å²) < 4.78 is 25.1. The molecule has 2 N–H and O–H groups in total. The molecule has 8 heteroatoms. The molecule has 1 aromatic heterocycles. The van der Waals surface area contributed by atoms with E-state index in [2.05, 4.69) is 5.32 Å². The molecule has 0 fully saturated rings. The van der Waals surface area contributed by atoms with Crippen molar-refractivity contribution in [2.24, 2.45) is 0 Å². The largest absolute Gasteiger partial charge is 0.390 e. The lowest BCUT2D eigenvalue weighted by molar-refractivity contribution is -0.380. The summed E-state index contributed by atoms with van der Waals surface area (Å²) in [5.74, 6) is -3.16. The van der Waals surface area contributed by atoms with Gasteiger partial charge in [-0.3, -0.25) is 10.1 Å². The van der Waals surface area contributed by atoms with Crippen molar-refractivity contribution in [3.05, 3.63) is 27.1 Å². The number of aliphatic hydroxyl groups is 1. The van der Waals surface area contributed by atoms with E-state index in [4.69, 9.17) is 5.11 Å². The van der Waals surface area contributed by atoms with Gasteiger partial charge >= 0.3 is 5.00 Å². The van der Waals surface area contributed by atoms with Gasteiger partial charge in [-0.2, -0.15) is 0 Å². The van der Waals surface area contributed by atoms with Crippen LogP contribution >= 0.6 is 11.3 Å². The Bertz CT molecular complexity index is 370. The number of nitrogens with zero attached hydrogens (tertiary/aromatic N) is 1. The molecule has 1 rings (SSSR count). The summed E-state index contributed by atoms with van der Waals surface area (Å²) in [7, 11) is 0. The first-order valence-corrected chi connectivity index (χ1v) is 5.24. The van der Waals surface area contributed by atoms with E-state index in [0.717, 1.165) is 11.3 Å². The zero-order chi connectivity index (χ0) is 12.2. The van der Waals surface area contributed by atoms with Gasteiger partial charge in [0.25, 0.3) is 5.92 Å². The molecule has 90 valence electrons. The lowest BCUT2D eigenvalue weighted by Gasteiger charge is -2.13. The second-order valence-electron chi connectivity index (χ2n) is 3.17. The fourth-order valence-electron chi connectivity index (χ4n) is 0.997. The van der Waals surface area contributed by atoms with Crippen LogP contribution in [0.15, 0.2) is 11.4 Å². The van der Waals surface area contributed by atoms with Crippen LogP contribution in [0.5, 0.6) is 0 Å². The fraction of sp³-hybridized carbons (Fsp3) is 0.500. The van der Waals surface area contributed by atoms with Crippen LogP contribution in [0.25, 0.3) is 0 Å². The Labute approximate surface area is 93.9 Å². The topological polar surface area (TPSA) is 75.4 Å². The highest BCUT2D eigenvalue weighted by Gasteiger charge is 2.26. The van der Waals surface area contributed by atoms with E-state index in [0.29, 0.717) is 5.56 Å². The molecule has 0 saturated carbocycles. The molecule has 0 aromatic carbocycles. The summed E-state index contributed by atoms with van der Waals surface area (Å²) in [5.41, 5.74) is 0.574. The molecule has 0 saturated heterocycles. The maximum atomic E-state index is 12.6. The third kappa shape index (κ3) is 3.80. The van der Waals surface area contributed by atoms with Crippen LogP contribution in [0.4, 0.5) is 13.8 Å². The van der Waals surface area contributed by atoms with E-state index < -0.39 is 24.0 Å². The Hall–Kier alpha value is -1.12. The van der Waals surface area contributed by atoms with Crippen molar-refractivity contribution < 1.29 is 18.8 Å². The van der Waals surface area contributed by atoms with E-state index in [1.54, 1.807) is 0 Å². The third-order valence-corrected chi connectivity index (χ3v) is 2.69. The van der Waals surface area contributed by atoms with Crippen molar-refractivity contribution in [1.82, 2.24) is 5.32 Å². The average Bonchev–Trinajstić information content (AvgIpc) is 2.66. The molecule has 0 aliphatic carbocycles. The normalized spacial score (nSPS) is 11.7. The molecule has 0 spiro atoms. The van der Waals surface area contributed by atoms with Gasteiger partial charge in [-0.25, -0.2) is 8.78 Å². The molecule has 5 nitrogen and oxygen atoms in total. The number of thiophene rings is 1. The van der Waals surface area contributed by atoms with Crippen molar-refractivity contribution in [2.45, 2.75) is 12.5 Å². The van der Waals surface area contributed by atoms with Crippen molar-refractivity contribution >= 4 is 16.3 Å². The zero-order valence-electron chi connectivity index (χ0n) is 8.15. The summed E-state index contributed by atoms with van der Waals surface area (Å²) in [4.78, 5) is 9.80. The predicted octanol–water partition coefficient (Wildman–Crippen LogP) is 1.37. The summed E-state index contributed by atoms with van der Waals surface area (Å²) >= 11 is 0.945. The smallest absolute Gasteiger partial charge is 0.324 e. The summed E-state index contributed by atoms with van der Waals surface area (Å²) in [6, 6.07) is 1.33. The average molecular weight is 252 g/mol. The summed E-state index contributed by atoms with van der Waals surface area (Å²) in [6.07, 6.45) is 0. The number of alkyl halides is 2. The van der Waals surface area contributed by atoms with Crippen molar-refractivity contribution in [1.29, 1.82) is 0 Å². The number of nitro groups is 1. The fourth-order valence-corrected chi connectivity index (χ4v) is 1.73. The van der Waals surface area contributed by atoms with E-state index in [9.17, 15) is 18.9 Å². The van der Waals surface area contributed by atoms with E-state index in [1.165, 1.54) is 11.4 Å². The van der Waals surface area contributed by atoms with Crippen molar-refractivity contribution in [3.8, 4) is 0 Å². The molecule has 16 heavy (non-hydrogen) atoms. The molecule has 1 heterocycles. The first kappa shape index (κ1) is 12.9. The van der Waals surface area contributed by atoms with Crippen LogP contribution in [-0.2, 0) is 6.54 Å². The molecule has 0 atom stereocenters. The van der Waals surface area contributed by atoms with Gasteiger partial charge in [-0.1, -0.05) is 11.3 Å². The lowest BCUT2D eigenvalue weighted by Crippen LogP contribution is -2.35. The van der Waals surface area contributed by atoms with E-state index in [1.807, 2.05) is 0 Å². The van der Waals surface area contributed by atoms with Gasteiger partial charge in [0.05, 0.1) is 11.5 Å². The van der Waals surface area contributed by atoms with Crippen LogP contribution in [0.1, 0.15) is 5.56 Å². The van der Waals surface area contributed by atoms with Gasteiger partial charge in [0.2, 0.25) is 0 Å². The zero-order valence-corrected chi connectivity index (χ0v) is 8.97. The molecule has 0 radical (unpaired) electrons. The predicted molar refractivity (Wildman–Crippen MR) is 54.7 cm³/mol. The number of halogens is 2. The van der Waals surface area contributed by atoms with Crippen LogP contribution in [0.3, 0.4) is 0 Å². The Kier molecular flexibility index (Phi) is 4.27. The molecule has 0 amide bonds. The van der Waals surface area contributed by atoms with Gasteiger partial charge in [-0.05, 0) is 5.56 Å². The second-order valence-corrected chi connectivity index (χ2v) is 4.06. The van der Waals surface area contributed by atoms with E-state index >= 15 is 0 Å². The molecule has 1 aromatic rings. The minimum absolute atomic E-state index is 0.0225. The number of nitrogens with one attached hydrogen (secondary N) is 1. The molecular weight excluding hydrogens is 242 g/mol. The van der Waals surface area contributed by atoms with Crippen molar-refractivity contribution in [2.75, 3.05) is 13.2 Å². The summed E-state index contributed by atoms with van der Waals surface area (Å²) in [6.45, 7) is -1.77. The van der Waals surface area contributed by atoms with Gasteiger partial charge in [0.15, 0.2) is 0 Å². The Morgan fingerprint density at radius 2 is 2.31 bits per heavy atom. The standard InChI is InChI=1S/C8H10F2N2O3S/c9-8(10,5-13)4-11-2-6-1-7(12(14)15)16-3-6/h1,3,11,13H,2,4-5H2. The Morgan fingerprint density at radius 1 is 1.62 bits per heavy atom. The van der Waals surface area contributed by atoms with Crippen LogP contribution in [0, 0.1) is 10.1 Å². The van der Waals surface area contributed by atoms with Gasteiger partial charge in [-0.15, -0.1) is 0 Å². The van der Waals surface area contributed by atoms with Crippen molar-refractivity contribution in [3.63, 3.8) is 0 Å². The number of hydrogen-bond acceptors (Lipinski definition) is 5. The maximum Gasteiger partial charge on any atom is 0.324 e. The van der Waals surface area contributed by atoms with Crippen LogP contribution in [0.2, 0.25) is 0 Å². The number of aliphatic hydroxyl groups excluding tert-OH is 1. The molecule has 0 unspecified atom stereocenters. The van der Waals surface area contributed by atoms with Gasteiger partial charge in [0, 0.05) is 18.0 Å². The highest BCUT2D eigenvalue weighted by molar-refractivity contribution is 7.13. The van der Waals surface area contributed by atoms with Crippen LogP contribution in [-0.4, -0.2) is 29.1 Å². The maximum absolute atomic E-state index is 12.6. The Balaban J connectivity index is 2.40. The highest BCUT2D eigenvalue weighted by atomic mass is 32.1. The molecule has 0 aliphatic rings. The van der Waals surface area contributed by atoms with Crippen LogP contribution < -0.4 is 5.32 Å². The quantitative estimate of drug-likeness (QED) is 0.592. The van der Waals surface area contributed by atoms with E-state index in [-0.39, 0.29) is 11.5 Å². The second kappa shape index (κ2) is 5.28. The number of hydrogen-bond donors (Lipinski definition) is 2. The highest BCUT2D eigenvalue weighted by Crippen LogP contribution is 2.22. The minimum Gasteiger partial charge on any atom is -0.390 e. The summed E-state index contributed by atoms with van der Waals surface area (Å²) in [5, 5.41) is 22.6. The molecule has 0 aliphatic heterocycles. The molecule has 0 bridgehead atoms. The SMILES string of the molecule is O=[N+]([O-])c1cc(CNCC(F)(F)CO)cs1. The minimum atomic E-state index is -3.16. The third-order valence-electron chi connectivity index (χ3n) is 1.76. The van der Waals surface area contributed by atoms with Gasteiger partial charge < -0.3 is 10.4 Å². The first-order chi connectivity index (χ1) is 7.44. The Morgan fingerprint density at radius 3 is 2.81 bits per heavy atom.